The summed E-state index contributed by atoms with van der Waals surface area (Å²) in [6.07, 6.45) is 2.60. The highest BCUT2D eigenvalue weighted by Crippen LogP contribution is 2.30. The van der Waals surface area contributed by atoms with Crippen LogP contribution >= 0.6 is 0 Å². The average Bonchev–Trinajstić information content (AvgIpc) is 2.50. The van der Waals surface area contributed by atoms with Crippen LogP contribution in [0, 0.1) is 0 Å². The molecule has 1 aromatic rings. The van der Waals surface area contributed by atoms with Crippen LogP contribution in [0.4, 0.5) is 0 Å². The van der Waals surface area contributed by atoms with Gasteiger partial charge in [-0.25, -0.2) is 0 Å². The second-order valence-electron chi connectivity index (χ2n) is 5.39. The lowest BCUT2D eigenvalue weighted by molar-refractivity contribution is -0.00421. The van der Waals surface area contributed by atoms with Crippen LogP contribution in [-0.2, 0) is 15.9 Å². The second kappa shape index (κ2) is 8.34. The van der Waals surface area contributed by atoms with E-state index in [0.29, 0.717) is 13.2 Å². The van der Waals surface area contributed by atoms with Crippen LogP contribution in [0.25, 0.3) is 0 Å². The summed E-state index contributed by atoms with van der Waals surface area (Å²) in [5, 5.41) is 9.78. The first-order valence-corrected chi connectivity index (χ1v) is 7.46. The van der Waals surface area contributed by atoms with E-state index >= 15 is 0 Å². The molecule has 0 saturated heterocycles. The second-order valence-corrected chi connectivity index (χ2v) is 5.39. The van der Waals surface area contributed by atoms with E-state index < -0.39 is 6.10 Å². The summed E-state index contributed by atoms with van der Waals surface area (Å²) in [6, 6.07) is 6.11. The third-order valence-corrected chi connectivity index (χ3v) is 3.66. The third-order valence-electron chi connectivity index (χ3n) is 3.66. The SMILES string of the molecule is COCCOCC(O)COc1ccc2c(c1)[C@@H](N)CCC2. The Hall–Kier alpha value is -1.14. The molecular weight excluding hydrogens is 270 g/mol. The number of methoxy groups -OCH3 is 1. The number of aliphatic hydroxyl groups excluding tert-OH is 1. The molecule has 0 bridgehead atoms. The fraction of sp³-hybridized carbons (Fsp3) is 0.625. The number of aryl methyl sites for hydroxylation is 1. The lowest BCUT2D eigenvalue weighted by atomic mass is 9.88. The van der Waals surface area contributed by atoms with Crippen molar-refractivity contribution >= 4 is 0 Å². The smallest absolute Gasteiger partial charge is 0.119 e. The molecular formula is C16H25NO4. The summed E-state index contributed by atoms with van der Waals surface area (Å²) in [5.41, 5.74) is 8.61. The molecule has 21 heavy (non-hydrogen) atoms. The van der Waals surface area contributed by atoms with Gasteiger partial charge in [-0.1, -0.05) is 6.07 Å². The molecule has 0 amide bonds. The van der Waals surface area contributed by atoms with E-state index in [1.807, 2.05) is 12.1 Å². The molecule has 1 aliphatic rings. The fourth-order valence-electron chi connectivity index (χ4n) is 2.51. The highest BCUT2D eigenvalue weighted by Gasteiger charge is 2.17. The molecule has 0 fully saturated rings. The Bertz CT molecular complexity index is 438. The molecule has 118 valence electrons. The number of fused-ring (bicyclic) bond motifs is 1. The van der Waals surface area contributed by atoms with Gasteiger partial charge in [0, 0.05) is 13.2 Å². The van der Waals surface area contributed by atoms with Crippen molar-refractivity contribution in [3.8, 4) is 5.75 Å². The van der Waals surface area contributed by atoms with E-state index in [9.17, 15) is 5.11 Å². The quantitative estimate of drug-likeness (QED) is 0.710. The molecule has 0 aliphatic heterocycles. The summed E-state index contributed by atoms with van der Waals surface area (Å²) in [6.45, 7) is 1.45. The van der Waals surface area contributed by atoms with E-state index in [4.69, 9.17) is 19.9 Å². The molecule has 3 N–H and O–H groups in total. The molecule has 0 saturated carbocycles. The highest BCUT2D eigenvalue weighted by molar-refractivity contribution is 5.39. The fourth-order valence-corrected chi connectivity index (χ4v) is 2.51. The molecule has 2 rings (SSSR count). The van der Waals surface area contributed by atoms with Crippen molar-refractivity contribution < 1.29 is 19.3 Å². The first kappa shape index (κ1) is 16.2. The van der Waals surface area contributed by atoms with Gasteiger partial charge in [0.1, 0.15) is 18.5 Å². The normalized spacial score (nSPS) is 19.1. The van der Waals surface area contributed by atoms with Crippen molar-refractivity contribution in [2.75, 3.05) is 33.5 Å². The van der Waals surface area contributed by atoms with E-state index in [1.165, 1.54) is 11.1 Å². The van der Waals surface area contributed by atoms with E-state index in [0.717, 1.165) is 25.0 Å². The average molecular weight is 295 g/mol. The Kier molecular flexibility index (Phi) is 6.45. The van der Waals surface area contributed by atoms with E-state index in [1.54, 1.807) is 7.11 Å². The van der Waals surface area contributed by atoms with Gasteiger partial charge >= 0.3 is 0 Å². The van der Waals surface area contributed by atoms with Crippen LogP contribution in [0.2, 0.25) is 0 Å². The molecule has 5 heteroatoms. The molecule has 1 unspecified atom stereocenters. The van der Waals surface area contributed by atoms with Gasteiger partial charge < -0.3 is 25.1 Å². The highest BCUT2D eigenvalue weighted by atomic mass is 16.5. The van der Waals surface area contributed by atoms with E-state index in [2.05, 4.69) is 6.07 Å². The lowest BCUT2D eigenvalue weighted by Gasteiger charge is -2.23. The predicted molar refractivity (Wildman–Crippen MR) is 80.5 cm³/mol. The minimum absolute atomic E-state index is 0.0969. The van der Waals surface area contributed by atoms with Gasteiger partial charge in [-0.2, -0.15) is 0 Å². The lowest BCUT2D eigenvalue weighted by Crippen LogP contribution is -2.24. The van der Waals surface area contributed by atoms with Crippen molar-refractivity contribution in [2.45, 2.75) is 31.4 Å². The Labute approximate surface area is 126 Å². The predicted octanol–water partition coefficient (Wildman–Crippen LogP) is 1.43. The van der Waals surface area contributed by atoms with Crippen molar-refractivity contribution in [2.24, 2.45) is 5.73 Å². The number of hydrogen-bond donors (Lipinski definition) is 2. The molecule has 1 aromatic carbocycles. The largest absolute Gasteiger partial charge is 0.491 e. The minimum Gasteiger partial charge on any atom is -0.491 e. The zero-order valence-electron chi connectivity index (χ0n) is 12.6. The van der Waals surface area contributed by atoms with Crippen LogP contribution in [0.1, 0.15) is 30.0 Å². The zero-order valence-corrected chi connectivity index (χ0v) is 12.6. The maximum Gasteiger partial charge on any atom is 0.119 e. The van der Waals surface area contributed by atoms with Crippen LogP contribution in [0.3, 0.4) is 0 Å². The molecule has 0 radical (unpaired) electrons. The summed E-state index contributed by atoms with van der Waals surface area (Å²) in [7, 11) is 1.61. The monoisotopic (exact) mass is 295 g/mol. The molecule has 0 heterocycles. The molecule has 1 aliphatic carbocycles. The van der Waals surface area contributed by atoms with E-state index in [-0.39, 0.29) is 19.3 Å². The van der Waals surface area contributed by atoms with Crippen LogP contribution in [0.5, 0.6) is 5.75 Å². The van der Waals surface area contributed by atoms with Gasteiger partial charge in [0.25, 0.3) is 0 Å². The number of nitrogens with two attached hydrogens (primary N) is 1. The topological polar surface area (TPSA) is 73.9 Å². The standard InChI is InChI=1S/C16H25NO4/c1-19-7-8-20-10-13(18)11-21-14-6-5-12-3-2-4-16(17)15(12)9-14/h5-6,9,13,16,18H,2-4,7-8,10-11,17H2,1H3/t13?,16-/m0/s1. The Morgan fingerprint density at radius 3 is 3.00 bits per heavy atom. The zero-order chi connectivity index (χ0) is 15.1. The maximum atomic E-state index is 9.78. The first-order chi connectivity index (χ1) is 10.2. The van der Waals surface area contributed by atoms with Crippen molar-refractivity contribution in [1.82, 2.24) is 0 Å². The van der Waals surface area contributed by atoms with Gasteiger partial charge in [0.05, 0.1) is 19.8 Å². The third kappa shape index (κ3) is 4.97. The number of aliphatic hydroxyl groups is 1. The van der Waals surface area contributed by atoms with Crippen LogP contribution in [-0.4, -0.2) is 44.7 Å². The van der Waals surface area contributed by atoms with Crippen molar-refractivity contribution in [3.05, 3.63) is 29.3 Å². The van der Waals surface area contributed by atoms with Gasteiger partial charge in [-0.05, 0) is 42.5 Å². The minimum atomic E-state index is -0.647. The van der Waals surface area contributed by atoms with Gasteiger partial charge in [0.15, 0.2) is 0 Å². The Morgan fingerprint density at radius 2 is 2.19 bits per heavy atom. The van der Waals surface area contributed by atoms with Gasteiger partial charge in [-0.3, -0.25) is 0 Å². The summed E-state index contributed by atoms with van der Waals surface area (Å²) in [5.74, 6) is 0.752. The maximum absolute atomic E-state index is 9.78. The van der Waals surface area contributed by atoms with Crippen molar-refractivity contribution in [3.63, 3.8) is 0 Å². The number of hydrogen-bond acceptors (Lipinski definition) is 5. The summed E-state index contributed by atoms with van der Waals surface area (Å²) < 4.78 is 15.7. The first-order valence-electron chi connectivity index (χ1n) is 7.46. The van der Waals surface area contributed by atoms with Gasteiger partial charge in [-0.15, -0.1) is 0 Å². The molecule has 5 nitrogen and oxygen atoms in total. The van der Waals surface area contributed by atoms with Crippen molar-refractivity contribution in [1.29, 1.82) is 0 Å². The summed E-state index contributed by atoms with van der Waals surface area (Å²) in [4.78, 5) is 0. The number of ether oxygens (including phenoxy) is 3. The molecule has 2 atom stereocenters. The molecule has 0 spiro atoms. The number of rotatable bonds is 8. The molecule has 0 aromatic heterocycles. The summed E-state index contributed by atoms with van der Waals surface area (Å²) >= 11 is 0. The Morgan fingerprint density at radius 1 is 1.33 bits per heavy atom. The van der Waals surface area contributed by atoms with Gasteiger partial charge in [0.2, 0.25) is 0 Å². The number of benzene rings is 1. The Balaban J connectivity index is 1.79. The van der Waals surface area contributed by atoms with Crippen LogP contribution < -0.4 is 10.5 Å². The van der Waals surface area contributed by atoms with Crippen LogP contribution in [0.15, 0.2) is 18.2 Å².